The highest BCUT2D eigenvalue weighted by atomic mass is 15.3. The van der Waals surface area contributed by atoms with Gasteiger partial charge in [0, 0.05) is 19.3 Å². The number of fused-ring (bicyclic) bond motifs is 1. The molecule has 0 unspecified atom stereocenters. The maximum atomic E-state index is 9.90. The Balaban J connectivity index is 1.49. The van der Waals surface area contributed by atoms with Crippen LogP contribution in [0.25, 0.3) is 5.57 Å². The zero-order valence-electron chi connectivity index (χ0n) is 16.9. The van der Waals surface area contributed by atoms with E-state index in [1.54, 1.807) is 12.3 Å². The third kappa shape index (κ3) is 4.17. The van der Waals surface area contributed by atoms with Crippen LogP contribution in [0.2, 0.25) is 0 Å². The largest absolute Gasteiger partial charge is 0.354 e. The van der Waals surface area contributed by atoms with Crippen molar-refractivity contribution < 1.29 is 0 Å². The average molecular weight is 390 g/mol. The molecule has 7 nitrogen and oxygen atoms in total. The number of nitrogens with one attached hydrogen (secondary N) is 2. The number of rotatable bonds is 7. The molecule has 0 aliphatic carbocycles. The van der Waals surface area contributed by atoms with Crippen LogP contribution in [0.1, 0.15) is 31.9 Å². The molecule has 29 heavy (non-hydrogen) atoms. The molecule has 2 aromatic rings. The molecular formula is C22H27N7. The topological polar surface area (TPSA) is 80.1 Å². The van der Waals surface area contributed by atoms with Crippen LogP contribution < -0.4 is 15.5 Å². The summed E-state index contributed by atoms with van der Waals surface area (Å²) in [6, 6.07) is 12.2. The van der Waals surface area contributed by atoms with E-state index >= 15 is 0 Å². The van der Waals surface area contributed by atoms with Gasteiger partial charge < -0.3 is 20.4 Å². The minimum atomic E-state index is 0.519. The molecule has 1 saturated heterocycles. The van der Waals surface area contributed by atoms with Crippen LogP contribution in [0, 0.1) is 11.3 Å². The fourth-order valence-electron chi connectivity index (χ4n) is 3.98. The number of hydrogen-bond acceptors (Lipinski definition) is 7. The molecule has 0 saturated carbocycles. The lowest BCUT2D eigenvalue weighted by Gasteiger charge is -2.19. The van der Waals surface area contributed by atoms with Gasteiger partial charge in [0.05, 0.1) is 17.1 Å². The number of benzene rings is 1. The maximum absolute atomic E-state index is 9.90. The highest BCUT2D eigenvalue weighted by molar-refractivity contribution is 5.90. The highest BCUT2D eigenvalue weighted by Crippen LogP contribution is 2.38. The molecule has 0 spiro atoms. The van der Waals surface area contributed by atoms with E-state index in [-0.39, 0.29) is 0 Å². The Hall–Kier alpha value is -3.11. The minimum absolute atomic E-state index is 0.519. The van der Waals surface area contributed by atoms with Crippen molar-refractivity contribution in [3.63, 3.8) is 0 Å². The van der Waals surface area contributed by atoms with E-state index in [0.717, 1.165) is 43.3 Å². The first kappa shape index (κ1) is 19.2. The normalized spacial score (nSPS) is 17.6. The lowest BCUT2D eigenvalue weighted by Crippen LogP contribution is -2.23. The van der Waals surface area contributed by atoms with Crippen molar-refractivity contribution in [3.05, 3.63) is 48.0 Å². The van der Waals surface area contributed by atoms with Gasteiger partial charge in [-0.3, -0.25) is 0 Å². The Labute approximate surface area is 172 Å². The molecule has 150 valence electrons. The quantitative estimate of drug-likeness (QED) is 0.554. The van der Waals surface area contributed by atoms with Crippen LogP contribution >= 0.6 is 0 Å². The Morgan fingerprint density at radius 1 is 1.24 bits per heavy atom. The van der Waals surface area contributed by atoms with Gasteiger partial charge in [0.25, 0.3) is 0 Å². The zero-order valence-corrected chi connectivity index (χ0v) is 16.9. The number of anilines is 3. The first-order chi connectivity index (χ1) is 14.3. The first-order valence-electron chi connectivity index (χ1n) is 10.4. The second-order valence-corrected chi connectivity index (χ2v) is 7.32. The van der Waals surface area contributed by atoms with Gasteiger partial charge in [-0.05, 0) is 64.0 Å². The van der Waals surface area contributed by atoms with E-state index in [2.05, 4.69) is 49.5 Å². The molecule has 1 aromatic carbocycles. The van der Waals surface area contributed by atoms with E-state index in [1.807, 2.05) is 18.2 Å². The molecule has 2 aliphatic heterocycles. The van der Waals surface area contributed by atoms with Gasteiger partial charge in [-0.15, -0.1) is 0 Å². The zero-order chi connectivity index (χ0) is 20.1. The molecule has 1 fully saturated rings. The van der Waals surface area contributed by atoms with Crippen LogP contribution in [-0.4, -0.2) is 47.6 Å². The van der Waals surface area contributed by atoms with Gasteiger partial charge >= 0.3 is 0 Å². The van der Waals surface area contributed by atoms with Crippen molar-refractivity contribution in [2.75, 3.05) is 48.3 Å². The fraction of sp³-hybridized carbons (Fsp3) is 0.409. The summed E-state index contributed by atoms with van der Waals surface area (Å²) in [5.74, 6) is 1.34. The molecule has 1 aromatic heterocycles. The lowest BCUT2D eigenvalue weighted by molar-refractivity contribution is 0.337. The van der Waals surface area contributed by atoms with Crippen molar-refractivity contribution in [3.8, 4) is 6.07 Å². The predicted octanol–water partition coefficient (Wildman–Crippen LogP) is 3.52. The number of para-hydroxylation sites is 2. The van der Waals surface area contributed by atoms with Crippen LogP contribution in [0.5, 0.6) is 0 Å². The standard InChI is InChI=1S/C22H27N7/c1-2-29-20-9-4-3-8-19(20)26-21(29)17(16-23)18-10-12-25-22(27-18)24-11-7-15-28-13-5-6-14-28/h3-4,8-10,12,26H,2,5-7,11,13-15H2,1H3,(H,24,25,27)/b21-17+. The molecular weight excluding hydrogens is 362 g/mol. The Kier molecular flexibility index (Phi) is 5.92. The van der Waals surface area contributed by atoms with Crippen molar-refractivity contribution in [2.24, 2.45) is 0 Å². The van der Waals surface area contributed by atoms with Gasteiger partial charge in [-0.25, -0.2) is 9.97 Å². The molecule has 7 heteroatoms. The molecule has 0 atom stereocenters. The minimum Gasteiger partial charge on any atom is -0.354 e. The van der Waals surface area contributed by atoms with Crippen LogP contribution in [-0.2, 0) is 0 Å². The summed E-state index contributed by atoms with van der Waals surface area (Å²) in [5, 5.41) is 16.6. The Bertz CT molecular complexity index is 925. The van der Waals surface area contributed by atoms with Gasteiger partial charge in [-0.1, -0.05) is 12.1 Å². The van der Waals surface area contributed by atoms with E-state index in [9.17, 15) is 5.26 Å². The van der Waals surface area contributed by atoms with Crippen LogP contribution in [0.4, 0.5) is 17.3 Å². The number of allylic oxidation sites excluding steroid dienone is 1. The van der Waals surface area contributed by atoms with Gasteiger partial charge in [-0.2, -0.15) is 5.26 Å². The van der Waals surface area contributed by atoms with Crippen LogP contribution in [0.3, 0.4) is 0 Å². The monoisotopic (exact) mass is 389 g/mol. The molecule has 2 N–H and O–H groups in total. The van der Waals surface area contributed by atoms with Crippen molar-refractivity contribution in [1.29, 1.82) is 5.26 Å². The average Bonchev–Trinajstić information content (AvgIpc) is 3.40. The first-order valence-corrected chi connectivity index (χ1v) is 10.4. The van der Waals surface area contributed by atoms with Crippen LogP contribution in [0.15, 0.2) is 42.3 Å². The van der Waals surface area contributed by atoms with E-state index in [1.165, 1.54) is 25.9 Å². The summed E-state index contributed by atoms with van der Waals surface area (Å²) >= 11 is 0. The van der Waals surface area contributed by atoms with E-state index in [4.69, 9.17) is 0 Å². The molecule has 0 amide bonds. The van der Waals surface area contributed by atoms with Gasteiger partial charge in [0.15, 0.2) is 0 Å². The predicted molar refractivity (Wildman–Crippen MR) is 116 cm³/mol. The number of nitriles is 1. The molecule has 4 rings (SSSR count). The molecule has 3 heterocycles. The lowest BCUT2D eigenvalue weighted by atomic mass is 10.2. The molecule has 0 radical (unpaired) electrons. The summed E-state index contributed by atoms with van der Waals surface area (Å²) in [4.78, 5) is 13.5. The van der Waals surface area contributed by atoms with E-state index in [0.29, 0.717) is 17.2 Å². The summed E-state index contributed by atoms with van der Waals surface area (Å²) in [6.45, 7) is 7.20. The van der Waals surface area contributed by atoms with Crippen molar-refractivity contribution >= 4 is 22.9 Å². The number of nitrogens with zero attached hydrogens (tertiary/aromatic N) is 5. The second-order valence-electron chi connectivity index (χ2n) is 7.32. The second kappa shape index (κ2) is 8.93. The third-order valence-electron chi connectivity index (χ3n) is 5.43. The van der Waals surface area contributed by atoms with E-state index < -0.39 is 0 Å². The Morgan fingerprint density at radius 2 is 2.07 bits per heavy atom. The maximum Gasteiger partial charge on any atom is 0.223 e. The summed E-state index contributed by atoms with van der Waals surface area (Å²) in [5.41, 5.74) is 3.22. The summed E-state index contributed by atoms with van der Waals surface area (Å²) < 4.78 is 0. The highest BCUT2D eigenvalue weighted by Gasteiger charge is 2.26. The number of aromatic nitrogens is 2. The smallest absolute Gasteiger partial charge is 0.223 e. The SMILES string of the molecule is CCN1/C(=C(\C#N)c2ccnc(NCCCN3CCCC3)n2)Nc2ccccc21. The molecule has 0 bridgehead atoms. The number of likely N-dealkylation sites (tertiary alicyclic amines) is 1. The summed E-state index contributed by atoms with van der Waals surface area (Å²) in [7, 11) is 0. The summed E-state index contributed by atoms with van der Waals surface area (Å²) in [6.07, 6.45) is 5.40. The number of hydrogen-bond donors (Lipinski definition) is 2. The Morgan fingerprint density at radius 3 is 2.86 bits per heavy atom. The van der Waals surface area contributed by atoms with Gasteiger partial charge in [0.2, 0.25) is 5.95 Å². The van der Waals surface area contributed by atoms with Gasteiger partial charge in [0.1, 0.15) is 17.5 Å². The third-order valence-corrected chi connectivity index (χ3v) is 5.43. The van der Waals surface area contributed by atoms with Crippen molar-refractivity contribution in [1.82, 2.24) is 14.9 Å². The fourth-order valence-corrected chi connectivity index (χ4v) is 3.98. The van der Waals surface area contributed by atoms with Crippen molar-refractivity contribution in [2.45, 2.75) is 26.2 Å². The molecule has 2 aliphatic rings.